The number of thiazole rings is 1. The van der Waals surface area contributed by atoms with Crippen LogP contribution in [0.3, 0.4) is 0 Å². The molecule has 0 aromatic carbocycles. The maximum absolute atomic E-state index is 11.0. The number of hydrogen-bond donors (Lipinski definition) is 5. The van der Waals surface area contributed by atoms with Gasteiger partial charge in [0.15, 0.2) is 11.4 Å². The second-order valence-corrected chi connectivity index (χ2v) is 4.84. The Balaban J connectivity index is 2.76. The van der Waals surface area contributed by atoms with Gasteiger partial charge >= 0.3 is 11.9 Å². The van der Waals surface area contributed by atoms with Gasteiger partial charge in [-0.2, -0.15) is 0 Å². The van der Waals surface area contributed by atoms with Crippen molar-refractivity contribution in [3.05, 3.63) is 10.6 Å². The fraction of sp³-hybridized carbons (Fsp3) is 0.500. The lowest BCUT2D eigenvalue weighted by molar-refractivity contribution is -0.139. The van der Waals surface area contributed by atoms with E-state index < -0.39 is 24.3 Å². The van der Waals surface area contributed by atoms with Crippen molar-refractivity contribution in [3.8, 4) is 0 Å². The van der Waals surface area contributed by atoms with Gasteiger partial charge in [0.2, 0.25) is 0 Å². The monoisotopic (exact) mass is 290 g/mol. The van der Waals surface area contributed by atoms with E-state index in [0.717, 1.165) is 11.3 Å². The molecule has 0 saturated carbocycles. The number of aliphatic hydroxyl groups excluding tert-OH is 1. The van der Waals surface area contributed by atoms with E-state index in [-0.39, 0.29) is 22.9 Å². The Morgan fingerprint density at radius 3 is 2.42 bits per heavy atom. The number of carboxylic acids is 2. The Labute approximate surface area is 112 Å². The summed E-state index contributed by atoms with van der Waals surface area (Å²) in [5.41, 5.74) is 0.380. The Morgan fingerprint density at radius 2 is 2.00 bits per heavy atom. The highest BCUT2D eigenvalue weighted by atomic mass is 32.1. The zero-order valence-electron chi connectivity index (χ0n) is 10.0. The molecule has 0 radical (unpaired) electrons. The minimum absolute atomic E-state index is 0.0969. The maximum Gasteiger partial charge on any atom is 0.326 e. The number of aromatic nitrogens is 1. The molecule has 19 heavy (non-hydrogen) atoms. The zero-order chi connectivity index (χ0) is 14.6. The molecule has 0 aliphatic carbocycles. The number of rotatable bonds is 7. The van der Waals surface area contributed by atoms with Gasteiger partial charge in [0.1, 0.15) is 6.04 Å². The average molecular weight is 290 g/mol. The van der Waals surface area contributed by atoms with Gasteiger partial charge in [0, 0.05) is 6.42 Å². The van der Waals surface area contributed by atoms with E-state index in [9.17, 15) is 9.59 Å². The molecule has 0 saturated heterocycles. The Bertz CT molecular complexity index is 473. The SMILES string of the molecule is Cc1nc(N[C@@H](CCC(=O)O)C(=O)O)sc1C(O)O. The average Bonchev–Trinajstić information content (AvgIpc) is 2.65. The predicted octanol–water partition coefficient (Wildman–Crippen LogP) is 0.165. The van der Waals surface area contributed by atoms with Gasteiger partial charge < -0.3 is 25.7 Å². The van der Waals surface area contributed by atoms with Gasteiger partial charge in [-0.05, 0) is 13.3 Å². The second kappa shape index (κ2) is 6.45. The topological polar surface area (TPSA) is 140 Å². The molecule has 0 bridgehead atoms. The van der Waals surface area contributed by atoms with Crippen molar-refractivity contribution in [1.82, 2.24) is 4.98 Å². The molecule has 1 rings (SSSR count). The molecule has 8 nitrogen and oxygen atoms in total. The molecule has 1 aromatic heterocycles. The summed E-state index contributed by atoms with van der Waals surface area (Å²) in [6, 6.07) is -1.09. The summed E-state index contributed by atoms with van der Waals surface area (Å²) in [4.78, 5) is 25.6. The predicted molar refractivity (Wildman–Crippen MR) is 65.9 cm³/mol. The summed E-state index contributed by atoms with van der Waals surface area (Å²) in [5, 5.41) is 38.3. The third kappa shape index (κ3) is 4.47. The van der Waals surface area contributed by atoms with Crippen molar-refractivity contribution in [2.24, 2.45) is 0 Å². The molecule has 0 amide bonds. The number of nitrogens with one attached hydrogen (secondary N) is 1. The first-order chi connectivity index (χ1) is 8.81. The first kappa shape index (κ1) is 15.3. The van der Waals surface area contributed by atoms with Gasteiger partial charge in [-0.3, -0.25) is 4.79 Å². The molecular formula is C10H14N2O6S. The van der Waals surface area contributed by atoms with Crippen molar-refractivity contribution in [2.45, 2.75) is 32.1 Å². The maximum atomic E-state index is 11.0. The van der Waals surface area contributed by atoms with E-state index >= 15 is 0 Å². The van der Waals surface area contributed by atoms with Crippen molar-refractivity contribution in [3.63, 3.8) is 0 Å². The van der Waals surface area contributed by atoms with Gasteiger partial charge in [-0.15, -0.1) is 0 Å². The van der Waals surface area contributed by atoms with Crippen LogP contribution in [0.4, 0.5) is 5.13 Å². The molecule has 5 N–H and O–H groups in total. The Morgan fingerprint density at radius 1 is 1.37 bits per heavy atom. The van der Waals surface area contributed by atoms with Gasteiger partial charge in [0.25, 0.3) is 0 Å². The van der Waals surface area contributed by atoms with Crippen molar-refractivity contribution >= 4 is 28.4 Å². The van der Waals surface area contributed by atoms with Crippen LogP contribution in [0, 0.1) is 6.92 Å². The number of nitrogens with zero attached hydrogens (tertiary/aromatic N) is 1. The van der Waals surface area contributed by atoms with E-state index in [1.165, 1.54) is 0 Å². The summed E-state index contributed by atoms with van der Waals surface area (Å²) < 4.78 is 0. The van der Waals surface area contributed by atoms with Crippen molar-refractivity contribution in [1.29, 1.82) is 0 Å². The highest BCUT2D eigenvalue weighted by Gasteiger charge is 2.21. The van der Waals surface area contributed by atoms with Gasteiger partial charge in [-0.1, -0.05) is 11.3 Å². The second-order valence-electron chi connectivity index (χ2n) is 3.81. The highest BCUT2D eigenvalue weighted by molar-refractivity contribution is 7.15. The minimum Gasteiger partial charge on any atom is -0.481 e. The molecule has 0 spiro atoms. The van der Waals surface area contributed by atoms with Gasteiger partial charge in [-0.25, -0.2) is 9.78 Å². The number of aryl methyl sites for hydroxylation is 1. The third-order valence-corrected chi connectivity index (χ3v) is 3.44. The summed E-state index contributed by atoms with van der Waals surface area (Å²) in [6.45, 7) is 1.56. The fourth-order valence-electron chi connectivity index (χ4n) is 1.38. The van der Waals surface area contributed by atoms with Gasteiger partial charge in [0.05, 0.1) is 10.6 Å². The van der Waals surface area contributed by atoms with Crippen LogP contribution in [0.15, 0.2) is 0 Å². The highest BCUT2D eigenvalue weighted by Crippen LogP contribution is 2.27. The fourth-order valence-corrected chi connectivity index (χ4v) is 2.27. The zero-order valence-corrected chi connectivity index (χ0v) is 10.8. The Kier molecular flexibility index (Phi) is 5.21. The third-order valence-electron chi connectivity index (χ3n) is 2.31. The van der Waals surface area contributed by atoms with Crippen LogP contribution < -0.4 is 5.32 Å². The van der Waals surface area contributed by atoms with E-state index in [2.05, 4.69) is 10.3 Å². The van der Waals surface area contributed by atoms with Crippen molar-refractivity contribution < 1.29 is 30.0 Å². The van der Waals surface area contributed by atoms with Crippen LogP contribution >= 0.6 is 11.3 Å². The molecular weight excluding hydrogens is 276 g/mol. The molecule has 1 heterocycles. The first-order valence-corrected chi connectivity index (χ1v) is 6.17. The smallest absolute Gasteiger partial charge is 0.326 e. The molecule has 9 heteroatoms. The molecule has 1 atom stereocenters. The van der Waals surface area contributed by atoms with E-state index in [1.807, 2.05) is 0 Å². The molecule has 106 valence electrons. The number of anilines is 1. The number of carbonyl (C=O) groups is 2. The van der Waals surface area contributed by atoms with E-state index in [1.54, 1.807) is 6.92 Å². The van der Waals surface area contributed by atoms with Crippen LogP contribution in [-0.4, -0.2) is 43.4 Å². The quantitative estimate of drug-likeness (QED) is 0.447. The summed E-state index contributed by atoms with van der Waals surface area (Å²) in [7, 11) is 0. The van der Waals surface area contributed by atoms with E-state index in [0.29, 0.717) is 5.69 Å². The van der Waals surface area contributed by atoms with E-state index in [4.69, 9.17) is 20.4 Å². The molecule has 0 unspecified atom stereocenters. The normalized spacial score (nSPS) is 12.4. The van der Waals surface area contributed by atoms with Crippen LogP contribution in [0.25, 0.3) is 0 Å². The van der Waals surface area contributed by atoms with Crippen LogP contribution in [0.1, 0.15) is 29.7 Å². The van der Waals surface area contributed by atoms with Crippen molar-refractivity contribution in [2.75, 3.05) is 5.32 Å². The number of carboxylic acid groups (broad SMARTS) is 2. The number of aliphatic hydroxyl groups is 2. The molecule has 0 aliphatic heterocycles. The summed E-state index contributed by atoms with van der Waals surface area (Å²) in [6.07, 6.45) is -2.06. The summed E-state index contributed by atoms with van der Waals surface area (Å²) >= 11 is 0.915. The lowest BCUT2D eigenvalue weighted by atomic mass is 10.1. The van der Waals surface area contributed by atoms with Crippen LogP contribution in [0.5, 0.6) is 0 Å². The number of hydrogen-bond acceptors (Lipinski definition) is 7. The van der Waals surface area contributed by atoms with Crippen LogP contribution in [-0.2, 0) is 9.59 Å². The molecule has 0 aliphatic rings. The molecule has 1 aromatic rings. The number of aliphatic carboxylic acids is 2. The molecule has 0 fully saturated rings. The lowest BCUT2D eigenvalue weighted by Crippen LogP contribution is -2.29. The first-order valence-electron chi connectivity index (χ1n) is 5.36. The summed E-state index contributed by atoms with van der Waals surface area (Å²) in [5.74, 6) is -2.28. The lowest BCUT2D eigenvalue weighted by Gasteiger charge is -2.11. The largest absolute Gasteiger partial charge is 0.481 e. The van der Waals surface area contributed by atoms with Crippen LogP contribution in [0.2, 0.25) is 0 Å². The standard InChI is InChI=1S/C10H14N2O6S/c1-4-7(9(17)18)19-10(11-4)12-5(8(15)16)2-3-6(13)14/h5,9,17-18H,2-3H2,1H3,(H,11,12)(H,13,14)(H,15,16)/t5-/m0/s1. The Hall–Kier alpha value is -1.71. The minimum atomic E-state index is -1.67.